The number of rotatable bonds is 21. The van der Waals surface area contributed by atoms with Gasteiger partial charge in [-0.1, -0.05) is 43.1 Å². The maximum Gasteiger partial charge on any atom is 0.273 e. The third kappa shape index (κ3) is 10.7. The van der Waals surface area contributed by atoms with E-state index in [1.165, 1.54) is 35.5 Å². The molecule has 2 aliphatic carbocycles. The summed E-state index contributed by atoms with van der Waals surface area (Å²) >= 11 is 0. The smallest absolute Gasteiger partial charge is 0.273 e. The Morgan fingerprint density at radius 3 is 2.39 bits per heavy atom. The number of allylic oxidation sites excluding steroid dienone is 1. The van der Waals surface area contributed by atoms with Crippen LogP contribution in [-0.4, -0.2) is 83.3 Å². The van der Waals surface area contributed by atoms with Crippen molar-refractivity contribution < 1.29 is 47.4 Å². The first kappa shape index (κ1) is 48.3. The van der Waals surface area contributed by atoms with Crippen molar-refractivity contribution in [3.05, 3.63) is 107 Å². The number of oxime groups is 1. The van der Waals surface area contributed by atoms with Crippen LogP contribution in [0.25, 0.3) is 0 Å². The van der Waals surface area contributed by atoms with E-state index >= 15 is 8.42 Å². The van der Waals surface area contributed by atoms with Gasteiger partial charge in [-0.2, -0.15) is 4.31 Å². The number of hydrogen-bond donors (Lipinski definition) is 3. The number of hydrogen-bond acceptors (Lipinski definition) is 12. The Morgan fingerprint density at radius 2 is 1.75 bits per heavy atom. The lowest BCUT2D eigenvalue weighted by Crippen LogP contribution is -2.70. The highest BCUT2D eigenvalue weighted by molar-refractivity contribution is 7.89. The zero-order chi connectivity index (χ0) is 46.2. The third-order valence-electron chi connectivity index (χ3n) is 11.9. The van der Waals surface area contributed by atoms with Crippen LogP contribution in [0.15, 0.2) is 101 Å². The predicted molar refractivity (Wildman–Crippen MR) is 244 cm³/mol. The molecule has 6 atom stereocenters. The standard InChI is InChI=1S/C48H62N4O11S/c1-7-24-51(64(58,59)38-21-18-34(19-22-38)49-32(3)55)44-31-42(50-63-47(4,5)6)40-28-33(14-9-11-25-53)39(17-10-12-26-54)45-41-30-37(61-36-16-13-15-35(29-36)52(56)57)20-23-43(41)62-48(44,46(40)45)60-27-8-2/h8,13,15-16,18-23,28-30,33,39,44-46,53-54H,2,7,9-12,14,17,24-27,31H2,1,3-6H3,(H,49,55)/t33-,39+,44-,45+,46+,48+/m0/s1. The van der Waals surface area contributed by atoms with Gasteiger partial charge in [-0.15, -0.1) is 6.58 Å². The Balaban J connectivity index is 1.62. The molecule has 0 aromatic heterocycles. The molecule has 16 heteroatoms. The lowest BCUT2D eigenvalue weighted by Gasteiger charge is -2.59. The zero-order valence-electron chi connectivity index (χ0n) is 37.4. The number of ether oxygens (including phenoxy) is 3. The first-order chi connectivity index (χ1) is 30.6. The van der Waals surface area contributed by atoms with Crippen molar-refractivity contribution in [3.8, 4) is 17.2 Å². The fourth-order valence-corrected chi connectivity index (χ4v) is 11.1. The van der Waals surface area contributed by atoms with Crippen LogP contribution in [0.5, 0.6) is 17.2 Å². The van der Waals surface area contributed by atoms with Gasteiger partial charge < -0.3 is 34.6 Å². The molecule has 0 bridgehead atoms. The first-order valence-corrected chi connectivity index (χ1v) is 23.6. The average molecular weight is 903 g/mol. The molecule has 3 aliphatic rings. The molecule has 0 radical (unpaired) electrons. The molecule has 0 spiro atoms. The number of aliphatic hydroxyl groups excluding tert-OH is 2. The Hall–Kier alpha value is -5.13. The average Bonchev–Trinajstić information content (AvgIpc) is 3.25. The summed E-state index contributed by atoms with van der Waals surface area (Å²) in [7, 11) is -4.30. The molecule has 1 heterocycles. The minimum Gasteiger partial charge on any atom is -0.460 e. The number of aliphatic hydroxyl groups is 2. The highest BCUT2D eigenvalue weighted by Crippen LogP contribution is 2.62. The van der Waals surface area contributed by atoms with Crippen molar-refractivity contribution in [1.82, 2.24) is 4.31 Å². The van der Waals surface area contributed by atoms with Gasteiger partial charge in [-0.25, -0.2) is 8.42 Å². The molecule has 64 heavy (non-hydrogen) atoms. The molecule has 1 aliphatic heterocycles. The molecular weight excluding hydrogens is 841 g/mol. The second-order valence-corrected chi connectivity index (χ2v) is 19.5. The number of carbonyl (C=O) groups is 1. The van der Waals surface area contributed by atoms with Gasteiger partial charge in [-0.3, -0.25) is 14.9 Å². The molecule has 1 amide bonds. The van der Waals surface area contributed by atoms with Crippen molar-refractivity contribution in [2.45, 2.75) is 114 Å². The summed E-state index contributed by atoms with van der Waals surface area (Å²) in [6, 6.07) is 16.4. The van der Waals surface area contributed by atoms with E-state index < -0.39 is 44.2 Å². The van der Waals surface area contributed by atoms with Gasteiger partial charge in [0.25, 0.3) is 5.69 Å². The fraction of sp³-hybridized carbons (Fsp3) is 0.500. The van der Waals surface area contributed by atoms with Gasteiger partial charge in [0, 0.05) is 56.3 Å². The minimum atomic E-state index is -4.30. The molecule has 1 fully saturated rings. The number of nitrogens with zero attached hydrogens (tertiary/aromatic N) is 3. The number of fused-ring (bicyclic) bond motifs is 2. The van der Waals surface area contributed by atoms with Gasteiger partial charge in [0.05, 0.1) is 40.2 Å². The van der Waals surface area contributed by atoms with Gasteiger partial charge in [-0.05, 0) is 119 Å². The predicted octanol–water partition coefficient (Wildman–Crippen LogP) is 8.88. The summed E-state index contributed by atoms with van der Waals surface area (Å²) in [5.41, 5.74) is 1.79. The number of amides is 1. The zero-order valence-corrected chi connectivity index (χ0v) is 38.2. The molecule has 3 N–H and O–H groups in total. The molecule has 3 aromatic rings. The fourth-order valence-electron chi connectivity index (χ4n) is 9.39. The Kier molecular flexibility index (Phi) is 15.7. The molecular formula is C48H62N4O11S. The summed E-state index contributed by atoms with van der Waals surface area (Å²) in [6.45, 7) is 13.1. The quantitative estimate of drug-likeness (QED) is 0.0399. The van der Waals surface area contributed by atoms with Crippen LogP contribution in [0.1, 0.15) is 97.5 Å². The number of unbranched alkanes of at least 4 members (excludes halogenated alkanes) is 2. The van der Waals surface area contributed by atoms with Crippen LogP contribution in [0.3, 0.4) is 0 Å². The van der Waals surface area contributed by atoms with E-state index in [1.807, 2.05) is 33.8 Å². The number of non-ortho nitro benzene ring substituents is 1. The lowest BCUT2D eigenvalue weighted by molar-refractivity contribution is -0.384. The summed E-state index contributed by atoms with van der Waals surface area (Å²) in [5, 5.41) is 39.1. The maximum absolute atomic E-state index is 15.2. The van der Waals surface area contributed by atoms with Crippen molar-refractivity contribution in [2.24, 2.45) is 22.9 Å². The summed E-state index contributed by atoms with van der Waals surface area (Å²) < 4.78 is 52.5. The molecule has 3 aromatic carbocycles. The summed E-state index contributed by atoms with van der Waals surface area (Å²) in [4.78, 5) is 29.2. The van der Waals surface area contributed by atoms with E-state index in [4.69, 9.17) is 24.2 Å². The monoisotopic (exact) mass is 902 g/mol. The van der Waals surface area contributed by atoms with Crippen molar-refractivity contribution in [1.29, 1.82) is 0 Å². The highest BCUT2D eigenvalue weighted by atomic mass is 32.2. The Morgan fingerprint density at radius 1 is 1.05 bits per heavy atom. The number of anilines is 1. The summed E-state index contributed by atoms with van der Waals surface area (Å²) in [6.07, 6.45) is 8.41. The Bertz CT molecular complexity index is 2310. The van der Waals surface area contributed by atoms with E-state index in [1.54, 1.807) is 42.5 Å². The molecule has 346 valence electrons. The molecule has 0 unspecified atom stereocenters. The second-order valence-electron chi connectivity index (χ2n) is 17.7. The number of carbonyl (C=O) groups excluding carboxylic acids is 1. The third-order valence-corrected chi connectivity index (χ3v) is 13.8. The van der Waals surface area contributed by atoms with E-state index in [2.05, 4.69) is 18.0 Å². The van der Waals surface area contributed by atoms with E-state index in [0.29, 0.717) is 55.0 Å². The molecule has 15 nitrogen and oxygen atoms in total. The van der Waals surface area contributed by atoms with Crippen molar-refractivity contribution in [3.63, 3.8) is 0 Å². The molecule has 6 rings (SSSR count). The lowest BCUT2D eigenvalue weighted by atomic mass is 9.55. The van der Waals surface area contributed by atoms with Crippen LogP contribution in [0.2, 0.25) is 0 Å². The molecule has 0 saturated heterocycles. The number of nitro groups is 1. The normalized spacial score (nSPS) is 23.3. The van der Waals surface area contributed by atoms with Crippen LogP contribution >= 0.6 is 0 Å². The van der Waals surface area contributed by atoms with Crippen molar-refractivity contribution >= 4 is 33.0 Å². The molecule has 1 saturated carbocycles. The van der Waals surface area contributed by atoms with Gasteiger partial charge in [0.15, 0.2) is 0 Å². The second kappa shape index (κ2) is 20.8. The summed E-state index contributed by atoms with van der Waals surface area (Å²) in [5.74, 6) is -1.98. The number of nitrogens with one attached hydrogen (secondary N) is 1. The number of benzene rings is 3. The highest BCUT2D eigenvalue weighted by Gasteiger charge is 2.66. The van der Waals surface area contributed by atoms with Gasteiger partial charge in [0.2, 0.25) is 21.7 Å². The number of sulfonamides is 1. The van der Waals surface area contributed by atoms with Crippen LogP contribution in [-0.2, 0) is 24.4 Å². The van der Waals surface area contributed by atoms with Crippen LogP contribution in [0.4, 0.5) is 11.4 Å². The van der Waals surface area contributed by atoms with E-state index in [0.717, 1.165) is 24.0 Å². The first-order valence-electron chi connectivity index (χ1n) is 22.1. The topological polar surface area (TPSA) is 199 Å². The Labute approximate surface area is 376 Å². The maximum atomic E-state index is 15.2. The van der Waals surface area contributed by atoms with E-state index in [-0.39, 0.29) is 66.9 Å². The van der Waals surface area contributed by atoms with Crippen LogP contribution < -0.4 is 14.8 Å². The SMILES string of the molecule is C=CCO[C@@]12Oc3ccc(Oc4cccc([N+](=O)[O-])c4)cc3[C@H]3[C@H](CCCCO)[C@@H](CCCCO)C=C(C(=NOC(C)(C)C)C[C@@H]1N(CCC)S(=O)(=O)c1ccc(NC(C)=O)cc1)[C@H]32. The van der Waals surface area contributed by atoms with Gasteiger partial charge in [0.1, 0.15) is 22.8 Å². The van der Waals surface area contributed by atoms with E-state index in [9.17, 15) is 25.1 Å². The van der Waals surface area contributed by atoms with Crippen LogP contribution in [0, 0.1) is 27.9 Å². The largest absolute Gasteiger partial charge is 0.460 e. The number of nitro benzene ring substituents is 1. The van der Waals surface area contributed by atoms with Crippen molar-refractivity contribution in [2.75, 3.05) is 31.7 Å². The minimum absolute atomic E-state index is 0.0157. The van der Waals surface area contributed by atoms with Gasteiger partial charge >= 0.3 is 0 Å².